The first-order valence-corrected chi connectivity index (χ1v) is 8.63. The van der Waals surface area contributed by atoms with Crippen LogP contribution in [0.3, 0.4) is 0 Å². The lowest BCUT2D eigenvalue weighted by Gasteiger charge is -2.23. The van der Waals surface area contributed by atoms with E-state index in [2.05, 4.69) is 44.8 Å². The van der Waals surface area contributed by atoms with E-state index in [4.69, 9.17) is 0 Å². The molecule has 0 spiro atoms. The maximum absolute atomic E-state index is 12.6. The average molecular weight is 366 g/mol. The monoisotopic (exact) mass is 365 g/mol. The number of carbonyl (C=O) groups excluding carboxylic acids is 1. The van der Waals surface area contributed by atoms with E-state index in [-0.39, 0.29) is 24.4 Å². The molecule has 1 atom stereocenters. The second kappa shape index (κ2) is 7.13. The topological polar surface area (TPSA) is 101 Å². The number of aromatic amines is 1. The number of halogens is 1. The van der Waals surface area contributed by atoms with Crippen molar-refractivity contribution < 1.29 is 4.79 Å². The summed E-state index contributed by atoms with van der Waals surface area (Å²) in [6.07, 6.45) is 2.61. The molecule has 8 nitrogen and oxygen atoms in total. The summed E-state index contributed by atoms with van der Waals surface area (Å²) < 4.78 is 1.94. The summed E-state index contributed by atoms with van der Waals surface area (Å²) in [5.41, 5.74) is 2.59. The van der Waals surface area contributed by atoms with Crippen LogP contribution >= 0.6 is 12.4 Å². The number of rotatable bonds is 3. The van der Waals surface area contributed by atoms with E-state index in [1.807, 2.05) is 4.68 Å². The Hall–Kier alpha value is -1.93. The molecule has 136 valence electrons. The largest absolute Gasteiger partial charge is 0.346 e. The molecular weight excluding hydrogens is 342 g/mol. The van der Waals surface area contributed by atoms with Gasteiger partial charge in [-0.2, -0.15) is 10.2 Å². The third kappa shape index (κ3) is 3.41. The summed E-state index contributed by atoms with van der Waals surface area (Å²) >= 11 is 0. The number of amides is 1. The van der Waals surface area contributed by atoms with E-state index in [0.29, 0.717) is 24.7 Å². The number of hydrogen-bond donors (Lipinski definition) is 3. The Bertz CT molecular complexity index is 767. The van der Waals surface area contributed by atoms with Crippen LogP contribution in [-0.4, -0.2) is 43.5 Å². The highest BCUT2D eigenvalue weighted by Crippen LogP contribution is 2.19. The van der Waals surface area contributed by atoms with Crippen molar-refractivity contribution in [1.82, 2.24) is 35.6 Å². The second-order valence-corrected chi connectivity index (χ2v) is 6.89. The molecule has 2 aliphatic rings. The molecular formula is C16H24ClN7O. The molecule has 0 saturated heterocycles. The standard InChI is InChI=1S/C16H23N7O.ClH/c1-9(2)15-19-13-4-3-10(8-23(13)22-15)18-16(24)14-11-7-17-6-5-12(11)20-21-14;/h9-10,17H,3-8H2,1-2H3,(H,18,24)(H,20,21);1H. The SMILES string of the molecule is CC(C)c1nc2n(n1)CC(NC(=O)c1n[nH]c3c1CNCC3)CC2.Cl. The van der Waals surface area contributed by atoms with Gasteiger partial charge in [-0.05, 0) is 6.42 Å². The molecule has 2 aromatic heterocycles. The third-order valence-electron chi connectivity index (χ3n) is 4.75. The minimum Gasteiger partial charge on any atom is -0.346 e. The van der Waals surface area contributed by atoms with Crippen molar-refractivity contribution in [2.24, 2.45) is 0 Å². The molecule has 3 N–H and O–H groups in total. The first kappa shape index (κ1) is 17.9. The molecule has 0 fully saturated rings. The fourth-order valence-corrected chi connectivity index (χ4v) is 3.36. The van der Waals surface area contributed by atoms with E-state index in [9.17, 15) is 4.79 Å². The number of nitrogens with zero attached hydrogens (tertiary/aromatic N) is 4. The Kier molecular flexibility index (Phi) is 5.10. The third-order valence-corrected chi connectivity index (χ3v) is 4.75. The molecule has 2 aromatic rings. The van der Waals surface area contributed by atoms with E-state index < -0.39 is 0 Å². The van der Waals surface area contributed by atoms with Crippen LogP contribution in [0, 0.1) is 0 Å². The average Bonchev–Trinajstić information content (AvgIpc) is 3.18. The molecule has 1 unspecified atom stereocenters. The van der Waals surface area contributed by atoms with Crippen LogP contribution in [0.15, 0.2) is 0 Å². The van der Waals surface area contributed by atoms with Gasteiger partial charge < -0.3 is 10.6 Å². The maximum atomic E-state index is 12.6. The Labute approximate surface area is 152 Å². The van der Waals surface area contributed by atoms with Gasteiger partial charge in [-0.15, -0.1) is 12.4 Å². The molecule has 4 rings (SSSR count). The number of fused-ring (bicyclic) bond motifs is 2. The minimum absolute atomic E-state index is 0. The summed E-state index contributed by atoms with van der Waals surface area (Å²) in [5, 5.41) is 18.2. The number of aryl methyl sites for hydroxylation is 1. The van der Waals surface area contributed by atoms with Gasteiger partial charge in [-0.1, -0.05) is 13.8 Å². The molecule has 0 bridgehead atoms. The number of aromatic nitrogens is 5. The van der Waals surface area contributed by atoms with Crippen LogP contribution in [-0.2, 0) is 25.9 Å². The highest BCUT2D eigenvalue weighted by molar-refractivity contribution is 5.94. The molecule has 4 heterocycles. The quantitative estimate of drug-likeness (QED) is 0.751. The molecule has 0 saturated carbocycles. The number of carbonyl (C=O) groups is 1. The van der Waals surface area contributed by atoms with Crippen molar-refractivity contribution in [2.45, 2.75) is 58.2 Å². The van der Waals surface area contributed by atoms with Gasteiger partial charge in [-0.25, -0.2) is 9.67 Å². The number of hydrogen-bond acceptors (Lipinski definition) is 5. The fraction of sp³-hybridized carbons (Fsp3) is 0.625. The number of nitrogens with one attached hydrogen (secondary N) is 3. The molecule has 0 radical (unpaired) electrons. The van der Waals surface area contributed by atoms with Gasteiger partial charge in [0, 0.05) is 49.1 Å². The van der Waals surface area contributed by atoms with Gasteiger partial charge in [-0.3, -0.25) is 9.89 Å². The summed E-state index contributed by atoms with van der Waals surface area (Å²) in [6, 6.07) is 0.0654. The number of H-pyrrole nitrogens is 1. The lowest BCUT2D eigenvalue weighted by molar-refractivity contribution is 0.0920. The van der Waals surface area contributed by atoms with Gasteiger partial charge >= 0.3 is 0 Å². The zero-order valence-corrected chi connectivity index (χ0v) is 15.3. The smallest absolute Gasteiger partial charge is 0.272 e. The summed E-state index contributed by atoms with van der Waals surface area (Å²) in [7, 11) is 0. The first-order chi connectivity index (χ1) is 11.6. The Morgan fingerprint density at radius 3 is 3.00 bits per heavy atom. The predicted octanol–water partition coefficient (Wildman–Crippen LogP) is 0.937. The fourth-order valence-electron chi connectivity index (χ4n) is 3.36. The maximum Gasteiger partial charge on any atom is 0.272 e. The van der Waals surface area contributed by atoms with Gasteiger partial charge in [0.05, 0.1) is 6.54 Å². The van der Waals surface area contributed by atoms with Crippen molar-refractivity contribution >= 4 is 18.3 Å². The van der Waals surface area contributed by atoms with Gasteiger partial charge in [0.2, 0.25) is 0 Å². The van der Waals surface area contributed by atoms with Crippen LogP contribution in [0.5, 0.6) is 0 Å². The molecule has 0 aliphatic carbocycles. The van der Waals surface area contributed by atoms with Crippen molar-refractivity contribution in [2.75, 3.05) is 6.54 Å². The van der Waals surface area contributed by atoms with Crippen LogP contribution in [0.2, 0.25) is 0 Å². The van der Waals surface area contributed by atoms with Crippen LogP contribution < -0.4 is 10.6 Å². The van der Waals surface area contributed by atoms with Crippen molar-refractivity contribution in [3.05, 3.63) is 28.6 Å². The zero-order valence-electron chi connectivity index (χ0n) is 14.5. The predicted molar refractivity (Wildman–Crippen MR) is 94.9 cm³/mol. The highest BCUT2D eigenvalue weighted by atomic mass is 35.5. The van der Waals surface area contributed by atoms with Gasteiger partial charge in [0.1, 0.15) is 5.82 Å². The Balaban J connectivity index is 0.00000182. The van der Waals surface area contributed by atoms with Gasteiger partial charge in [0.25, 0.3) is 5.91 Å². The van der Waals surface area contributed by atoms with Crippen molar-refractivity contribution in [3.8, 4) is 0 Å². The molecule has 1 amide bonds. The normalized spacial score (nSPS) is 19.1. The summed E-state index contributed by atoms with van der Waals surface area (Å²) in [4.78, 5) is 17.2. The van der Waals surface area contributed by atoms with Crippen molar-refractivity contribution in [1.29, 1.82) is 0 Å². The minimum atomic E-state index is -0.103. The first-order valence-electron chi connectivity index (χ1n) is 8.63. The van der Waals surface area contributed by atoms with Crippen LogP contribution in [0.1, 0.15) is 59.6 Å². The summed E-state index contributed by atoms with van der Waals surface area (Å²) in [5.74, 6) is 2.11. The van der Waals surface area contributed by atoms with Crippen LogP contribution in [0.25, 0.3) is 0 Å². The lowest BCUT2D eigenvalue weighted by Crippen LogP contribution is -2.42. The van der Waals surface area contributed by atoms with E-state index in [1.54, 1.807) is 0 Å². The molecule has 2 aliphatic heterocycles. The molecule has 25 heavy (non-hydrogen) atoms. The van der Waals surface area contributed by atoms with E-state index in [1.165, 1.54) is 0 Å². The van der Waals surface area contributed by atoms with Crippen LogP contribution in [0.4, 0.5) is 0 Å². The summed E-state index contributed by atoms with van der Waals surface area (Å²) in [6.45, 7) is 6.48. The lowest BCUT2D eigenvalue weighted by atomic mass is 10.0. The Morgan fingerprint density at radius 1 is 1.36 bits per heavy atom. The van der Waals surface area contributed by atoms with Gasteiger partial charge in [0.15, 0.2) is 11.5 Å². The van der Waals surface area contributed by atoms with E-state index >= 15 is 0 Å². The van der Waals surface area contributed by atoms with Crippen molar-refractivity contribution in [3.63, 3.8) is 0 Å². The Morgan fingerprint density at radius 2 is 2.20 bits per heavy atom. The van der Waals surface area contributed by atoms with E-state index in [0.717, 1.165) is 48.7 Å². The molecule has 0 aromatic carbocycles. The zero-order chi connectivity index (χ0) is 16.7. The second-order valence-electron chi connectivity index (χ2n) is 6.89. The highest BCUT2D eigenvalue weighted by Gasteiger charge is 2.27. The molecule has 9 heteroatoms.